The first kappa shape index (κ1) is 7.29. The summed E-state index contributed by atoms with van der Waals surface area (Å²) < 4.78 is 5.36. The van der Waals surface area contributed by atoms with Crippen LogP contribution in [0, 0.1) is 5.41 Å². The lowest BCUT2D eigenvalue weighted by atomic mass is 9.72. The van der Waals surface area contributed by atoms with Crippen LogP contribution >= 0.6 is 0 Å². The van der Waals surface area contributed by atoms with Crippen molar-refractivity contribution in [3.8, 4) is 0 Å². The molecule has 0 aromatic carbocycles. The van der Waals surface area contributed by atoms with Gasteiger partial charge in [0.25, 0.3) is 0 Å². The molecule has 2 rings (SSSR count). The molecule has 0 aromatic heterocycles. The highest BCUT2D eigenvalue weighted by molar-refractivity contribution is 5.88. The second-order valence-electron chi connectivity index (χ2n) is 4.79. The van der Waals surface area contributed by atoms with Crippen LogP contribution in [0.1, 0.15) is 33.6 Å². The van der Waals surface area contributed by atoms with E-state index in [0.29, 0.717) is 12.2 Å². The first-order valence-electron chi connectivity index (χ1n) is 4.14. The maximum atomic E-state index is 11.3. The molecule has 0 bridgehead atoms. The molecule has 1 saturated heterocycles. The van der Waals surface area contributed by atoms with Crippen LogP contribution in [0.4, 0.5) is 0 Å². The van der Waals surface area contributed by atoms with E-state index < -0.39 is 0 Å². The average molecular weight is 154 g/mol. The van der Waals surface area contributed by atoms with E-state index in [1.54, 1.807) is 0 Å². The number of Topliss-reactive ketones (excluding diaryl/α,β-unsaturated/α-hetero) is 1. The number of hydrogen-bond donors (Lipinski definition) is 0. The van der Waals surface area contributed by atoms with Crippen molar-refractivity contribution in [3.63, 3.8) is 0 Å². The highest BCUT2D eigenvalue weighted by atomic mass is 16.6. The van der Waals surface area contributed by atoms with Gasteiger partial charge < -0.3 is 4.74 Å². The summed E-state index contributed by atoms with van der Waals surface area (Å²) in [6.07, 6.45) is 1.65. The second-order valence-corrected chi connectivity index (χ2v) is 4.79. The third kappa shape index (κ3) is 1.00. The normalized spacial score (nSPS) is 46.8. The molecule has 0 radical (unpaired) electrons. The Bertz CT molecular complexity index is 217. The van der Waals surface area contributed by atoms with Gasteiger partial charge in [-0.05, 0) is 18.8 Å². The van der Waals surface area contributed by atoms with Crippen molar-refractivity contribution in [2.45, 2.75) is 45.3 Å². The van der Waals surface area contributed by atoms with E-state index in [0.717, 1.165) is 6.42 Å². The predicted molar refractivity (Wildman–Crippen MR) is 41.3 cm³/mol. The quantitative estimate of drug-likeness (QED) is 0.495. The third-order valence-corrected chi connectivity index (χ3v) is 2.66. The summed E-state index contributed by atoms with van der Waals surface area (Å²) in [5.41, 5.74) is 0.0532. The summed E-state index contributed by atoms with van der Waals surface area (Å²) in [4.78, 5) is 11.3. The lowest BCUT2D eigenvalue weighted by molar-refractivity contribution is -0.123. The van der Waals surface area contributed by atoms with Crippen LogP contribution in [-0.2, 0) is 9.53 Å². The fourth-order valence-corrected chi connectivity index (χ4v) is 2.35. The Labute approximate surface area is 66.9 Å². The smallest absolute Gasteiger partial charge is 0.165 e. The molecule has 1 saturated carbocycles. The molecule has 1 heterocycles. The highest BCUT2D eigenvalue weighted by Gasteiger charge is 2.62. The van der Waals surface area contributed by atoms with Crippen LogP contribution < -0.4 is 0 Å². The van der Waals surface area contributed by atoms with Gasteiger partial charge in [0.15, 0.2) is 5.78 Å². The molecule has 2 heteroatoms. The number of fused-ring (bicyclic) bond motifs is 1. The Morgan fingerprint density at radius 3 is 2.64 bits per heavy atom. The van der Waals surface area contributed by atoms with Gasteiger partial charge >= 0.3 is 0 Å². The van der Waals surface area contributed by atoms with Gasteiger partial charge in [-0.2, -0.15) is 0 Å². The molecule has 11 heavy (non-hydrogen) atoms. The summed E-state index contributed by atoms with van der Waals surface area (Å²) in [6.45, 7) is 6.30. The molecule has 2 unspecified atom stereocenters. The summed E-state index contributed by atoms with van der Waals surface area (Å²) in [5, 5.41) is 0. The molecule has 0 aromatic rings. The molecule has 1 aliphatic heterocycles. The number of hydrogen-bond acceptors (Lipinski definition) is 2. The van der Waals surface area contributed by atoms with Crippen LogP contribution in [0.15, 0.2) is 0 Å². The van der Waals surface area contributed by atoms with Crippen molar-refractivity contribution in [3.05, 3.63) is 0 Å². The summed E-state index contributed by atoms with van der Waals surface area (Å²) in [7, 11) is 0. The number of ether oxygens (including phenoxy) is 1. The average Bonchev–Trinajstić information content (AvgIpc) is 2.36. The van der Waals surface area contributed by atoms with Gasteiger partial charge in [0.2, 0.25) is 0 Å². The van der Waals surface area contributed by atoms with Crippen LogP contribution in [-0.4, -0.2) is 17.5 Å². The zero-order valence-electron chi connectivity index (χ0n) is 7.31. The maximum absolute atomic E-state index is 11.3. The third-order valence-electron chi connectivity index (χ3n) is 2.66. The first-order valence-corrected chi connectivity index (χ1v) is 4.14. The Balaban J connectivity index is 2.21. The zero-order valence-corrected chi connectivity index (χ0v) is 7.31. The Kier molecular flexibility index (Phi) is 1.12. The van der Waals surface area contributed by atoms with Crippen molar-refractivity contribution in [1.82, 2.24) is 0 Å². The maximum Gasteiger partial charge on any atom is 0.165 e. The van der Waals surface area contributed by atoms with Gasteiger partial charge in [-0.25, -0.2) is 0 Å². The summed E-state index contributed by atoms with van der Waals surface area (Å²) >= 11 is 0. The molecule has 0 spiro atoms. The van der Waals surface area contributed by atoms with Crippen LogP contribution in [0.5, 0.6) is 0 Å². The van der Waals surface area contributed by atoms with Gasteiger partial charge in [0.1, 0.15) is 11.7 Å². The van der Waals surface area contributed by atoms with E-state index >= 15 is 0 Å². The zero-order chi connectivity index (χ0) is 8.28. The molecular formula is C9H14O2. The topological polar surface area (TPSA) is 29.6 Å². The molecular weight excluding hydrogens is 140 g/mol. The number of carbonyl (C=O) groups is 1. The molecule has 2 fully saturated rings. The van der Waals surface area contributed by atoms with Crippen molar-refractivity contribution in [2.75, 3.05) is 0 Å². The van der Waals surface area contributed by atoms with Gasteiger partial charge in [-0.15, -0.1) is 0 Å². The Morgan fingerprint density at radius 2 is 2.09 bits per heavy atom. The fourth-order valence-electron chi connectivity index (χ4n) is 2.35. The molecule has 0 N–H and O–H groups in total. The monoisotopic (exact) mass is 154 g/mol. The lowest BCUT2D eigenvalue weighted by Gasteiger charge is -2.29. The van der Waals surface area contributed by atoms with Crippen molar-refractivity contribution in [1.29, 1.82) is 0 Å². The predicted octanol–water partition coefficient (Wildman–Crippen LogP) is 1.53. The van der Waals surface area contributed by atoms with Crippen molar-refractivity contribution in [2.24, 2.45) is 5.41 Å². The summed E-state index contributed by atoms with van der Waals surface area (Å²) in [6, 6.07) is 0. The molecule has 2 atom stereocenters. The van der Waals surface area contributed by atoms with E-state index in [2.05, 4.69) is 13.8 Å². The number of carbonyl (C=O) groups excluding carboxylic acids is 1. The molecule has 2 aliphatic rings. The largest absolute Gasteiger partial charge is 0.358 e. The number of rotatable bonds is 0. The van der Waals surface area contributed by atoms with Crippen LogP contribution in [0.25, 0.3) is 0 Å². The van der Waals surface area contributed by atoms with Crippen LogP contribution in [0.2, 0.25) is 0 Å². The first-order chi connectivity index (χ1) is 4.93. The minimum Gasteiger partial charge on any atom is -0.358 e. The van der Waals surface area contributed by atoms with E-state index in [4.69, 9.17) is 4.74 Å². The molecule has 2 nitrogen and oxygen atoms in total. The van der Waals surface area contributed by atoms with Gasteiger partial charge in [0, 0.05) is 6.42 Å². The van der Waals surface area contributed by atoms with E-state index in [1.165, 1.54) is 0 Å². The minimum atomic E-state index is -0.0984. The SMILES string of the molecule is CC1(C)CC(=O)C2OC2(C)C1. The second kappa shape index (κ2) is 1.69. The molecule has 62 valence electrons. The standard InChI is InChI=1S/C9H14O2/c1-8(2)4-6(10)7-9(3,5-8)11-7/h7H,4-5H2,1-3H3. The summed E-state index contributed by atoms with van der Waals surface area (Å²) in [5.74, 6) is 0.295. The molecule has 1 aliphatic carbocycles. The van der Waals surface area contributed by atoms with Gasteiger partial charge in [-0.1, -0.05) is 13.8 Å². The lowest BCUT2D eigenvalue weighted by Crippen LogP contribution is -2.34. The molecule has 0 amide bonds. The fraction of sp³-hybridized carbons (Fsp3) is 0.889. The van der Waals surface area contributed by atoms with E-state index in [9.17, 15) is 4.79 Å². The van der Waals surface area contributed by atoms with Gasteiger partial charge in [-0.3, -0.25) is 4.79 Å². The Morgan fingerprint density at radius 1 is 1.45 bits per heavy atom. The number of epoxide rings is 1. The van der Waals surface area contributed by atoms with E-state index in [-0.39, 0.29) is 17.1 Å². The van der Waals surface area contributed by atoms with Gasteiger partial charge in [0.05, 0.1) is 0 Å². The van der Waals surface area contributed by atoms with E-state index in [1.807, 2.05) is 6.92 Å². The minimum absolute atomic E-state index is 0.0597. The van der Waals surface area contributed by atoms with Crippen molar-refractivity contribution >= 4 is 5.78 Å². The van der Waals surface area contributed by atoms with Crippen LogP contribution in [0.3, 0.4) is 0 Å². The van der Waals surface area contributed by atoms with Crippen molar-refractivity contribution < 1.29 is 9.53 Å². The number of ketones is 1. The highest BCUT2D eigenvalue weighted by Crippen LogP contribution is 2.52. The Hall–Kier alpha value is -0.370.